The number of nitrogens with two attached hydrogens (primary N) is 1. The molecule has 0 atom stereocenters. The summed E-state index contributed by atoms with van der Waals surface area (Å²) in [6.45, 7) is 1.78. The molecule has 0 aromatic heterocycles. The number of hydrogen-bond donors (Lipinski definition) is 1. The third-order valence-corrected chi connectivity index (χ3v) is 3.97. The van der Waals surface area contributed by atoms with Crippen molar-refractivity contribution in [1.29, 1.82) is 0 Å². The average molecular weight is 232 g/mol. The van der Waals surface area contributed by atoms with E-state index >= 15 is 0 Å². The molecule has 1 aromatic carbocycles. The molecule has 2 rings (SSSR count). The van der Waals surface area contributed by atoms with Crippen LogP contribution in [-0.4, -0.2) is 13.6 Å². The highest BCUT2D eigenvalue weighted by atomic mass is 15.1. The second-order valence-electron chi connectivity index (χ2n) is 5.19. The Morgan fingerprint density at radius 1 is 1.24 bits per heavy atom. The van der Waals surface area contributed by atoms with Crippen molar-refractivity contribution in [3.05, 3.63) is 29.8 Å². The summed E-state index contributed by atoms with van der Waals surface area (Å²) < 4.78 is 0. The van der Waals surface area contributed by atoms with Crippen molar-refractivity contribution in [3.63, 3.8) is 0 Å². The van der Waals surface area contributed by atoms with Gasteiger partial charge in [-0.15, -0.1) is 0 Å². The van der Waals surface area contributed by atoms with Crippen molar-refractivity contribution in [2.75, 3.05) is 18.5 Å². The van der Waals surface area contributed by atoms with Crippen molar-refractivity contribution < 1.29 is 0 Å². The van der Waals surface area contributed by atoms with E-state index in [-0.39, 0.29) is 0 Å². The Kier molecular flexibility index (Phi) is 4.43. The van der Waals surface area contributed by atoms with E-state index in [9.17, 15) is 0 Å². The molecule has 1 fully saturated rings. The molecule has 1 aromatic rings. The van der Waals surface area contributed by atoms with Crippen molar-refractivity contribution >= 4 is 5.69 Å². The summed E-state index contributed by atoms with van der Waals surface area (Å²) >= 11 is 0. The summed E-state index contributed by atoms with van der Waals surface area (Å²) in [5.74, 6) is 0.961. The van der Waals surface area contributed by atoms with Crippen LogP contribution in [0.1, 0.15) is 37.7 Å². The Hall–Kier alpha value is -1.02. The average Bonchev–Trinajstić information content (AvgIpc) is 2.89. The van der Waals surface area contributed by atoms with Gasteiger partial charge in [0.05, 0.1) is 0 Å². The molecule has 1 aliphatic carbocycles. The van der Waals surface area contributed by atoms with Gasteiger partial charge in [0.15, 0.2) is 0 Å². The molecule has 2 nitrogen and oxygen atoms in total. The first kappa shape index (κ1) is 12.4. The molecule has 0 bridgehead atoms. The van der Waals surface area contributed by atoms with Gasteiger partial charge in [0.1, 0.15) is 0 Å². The molecule has 1 saturated carbocycles. The fraction of sp³-hybridized carbons (Fsp3) is 0.600. The van der Waals surface area contributed by atoms with Gasteiger partial charge in [-0.2, -0.15) is 0 Å². The fourth-order valence-corrected chi connectivity index (χ4v) is 2.85. The lowest BCUT2D eigenvalue weighted by molar-refractivity contribution is 0.505. The third-order valence-electron chi connectivity index (χ3n) is 3.97. The first-order chi connectivity index (χ1) is 8.31. The van der Waals surface area contributed by atoms with Gasteiger partial charge in [-0.05, 0) is 24.0 Å². The Labute approximate surface area is 105 Å². The minimum atomic E-state index is 0.629. The Bertz CT molecular complexity index is 343. The van der Waals surface area contributed by atoms with Gasteiger partial charge >= 0.3 is 0 Å². The first-order valence-electron chi connectivity index (χ1n) is 6.80. The zero-order valence-corrected chi connectivity index (χ0v) is 10.9. The SMILES string of the molecule is CN(CCC1CCCC1)c1ccccc1CN. The largest absolute Gasteiger partial charge is 0.374 e. The van der Waals surface area contributed by atoms with Crippen LogP contribution in [-0.2, 0) is 6.54 Å². The number of nitrogens with zero attached hydrogens (tertiary/aromatic N) is 1. The number of hydrogen-bond acceptors (Lipinski definition) is 2. The van der Waals surface area contributed by atoms with E-state index in [4.69, 9.17) is 5.73 Å². The Balaban J connectivity index is 1.91. The van der Waals surface area contributed by atoms with Gasteiger partial charge in [0, 0.05) is 25.8 Å². The molecule has 0 spiro atoms. The molecular weight excluding hydrogens is 208 g/mol. The topological polar surface area (TPSA) is 29.3 Å². The van der Waals surface area contributed by atoms with E-state index in [0.717, 1.165) is 12.5 Å². The predicted octanol–water partition coefficient (Wildman–Crippen LogP) is 3.16. The van der Waals surface area contributed by atoms with Gasteiger partial charge < -0.3 is 10.6 Å². The lowest BCUT2D eigenvalue weighted by Crippen LogP contribution is -2.22. The molecule has 0 saturated heterocycles. The highest BCUT2D eigenvalue weighted by molar-refractivity contribution is 5.52. The maximum absolute atomic E-state index is 5.78. The van der Waals surface area contributed by atoms with Crippen molar-refractivity contribution in [1.82, 2.24) is 0 Å². The Morgan fingerprint density at radius 2 is 1.94 bits per heavy atom. The van der Waals surface area contributed by atoms with Crippen LogP contribution in [0.25, 0.3) is 0 Å². The van der Waals surface area contributed by atoms with Gasteiger partial charge in [-0.3, -0.25) is 0 Å². The lowest BCUT2D eigenvalue weighted by Gasteiger charge is -2.23. The maximum atomic E-state index is 5.78. The van der Waals surface area contributed by atoms with Gasteiger partial charge in [-0.1, -0.05) is 43.9 Å². The second kappa shape index (κ2) is 6.06. The van der Waals surface area contributed by atoms with Crippen LogP contribution in [0.15, 0.2) is 24.3 Å². The second-order valence-corrected chi connectivity index (χ2v) is 5.19. The maximum Gasteiger partial charge on any atom is 0.0409 e. The van der Waals surface area contributed by atoms with Gasteiger partial charge in [-0.25, -0.2) is 0 Å². The van der Waals surface area contributed by atoms with Crippen LogP contribution in [0, 0.1) is 5.92 Å². The zero-order valence-electron chi connectivity index (χ0n) is 10.9. The van der Waals surface area contributed by atoms with Crippen LogP contribution < -0.4 is 10.6 Å². The van der Waals surface area contributed by atoms with E-state index in [1.807, 2.05) is 0 Å². The van der Waals surface area contributed by atoms with Crippen LogP contribution in [0.2, 0.25) is 0 Å². The van der Waals surface area contributed by atoms with Crippen LogP contribution in [0.5, 0.6) is 0 Å². The zero-order chi connectivity index (χ0) is 12.1. The smallest absolute Gasteiger partial charge is 0.0409 e. The summed E-state index contributed by atoms with van der Waals surface area (Å²) in [5.41, 5.74) is 8.33. The molecule has 0 amide bonds. The first-order valence-corrected chi connectivity index (χ1v) is 6.80. The molecule has 0 aliphatic heterocycles. The predicted molar refractivity (Wildman–Crippen MR) is 74.2 cm³/mol. The molecule has 0 radical (unpaired) electrons. The minimum absolute atomic E-state index is 0.629. The summed E-state index contributed by atoms with van der Waals surface area (Å²) in [4.78, 5) is 2.36. The lowest BCUT2D eigenvalue weighted by atomic mass is 10.0. The molecule has 17 heavy (non-hydrogen) atoms. The minimum Gasteiger partial charge on any atom is -0.374 e. The van der Waals surface area contributed by atoms with Crippen molar-refractivity contribution in [3.8, 4) is 0 Å². The normalized spacial score (nSPS) is 16.4. The molecular formula is C15H24N2. The standard InChI is InChI=1S/C15H24N2/c1-17(11-10-13-6-2-3-7-13)15-9-5-4-8-14(15)12-16/h4-5,8-9,13H,2-3,6-7,10-12,16H2,1H3. The summed E-state index contributed by atoms with van der Waals surface area (Å²) in [6.07, 6.45) is 7.08. The monoisotopic (exact) mass is 232 g/mol. The molecule has 1 aliphatic rings. The van der Waals surface area contributed by atoms with E-state index in [1.165, 1.54) is 43.4 Å². The summed E-state index contributed by atoms with van der Waals surface area (Å²) in [5, 5.41) is 0. The fourth-order valence-electron chi connectivity index (χ4n) is 2.85. The third kappa shape index (κ3) is 3.22. The van der Waals surface area contributed by atoms with E-state index < -0.39 is 0 Å². The Morgan fingerprint density at radius 3 is 2.65 bits per heavy atom. The van der Waals surface area contributed by atoms with Crippen LogP contribution in [0.4, 0.5) is 5.69 Å². The molecule has 2 heteroatoms. The molecule has 94 valence electrons. The summed E-state index contributed by atoms with van der Waals surface area (Å²) in [7, 11) is 2.18. The van der Waals surface area contributed by atoms with Crippen LogP contribution >= 0.6 is 0 Å². The van der Waals surface area contributed by atoms with E-state index in [2.05, 4.69) is 36.2 Å². The molecule has 2 N–H and O–H groups in total. The highest BCUT2D eigenvalue weighted by Crippen LogP contribution is 2.28. The number of para-hydroxylation sites is 1. The quantitative estimate of drug-likeness (QED) is 0.845. The van der Waals surface area contributed by atoms with E-state index in [0.29, 0.717) is 6.54 Å². The van der Waals surface area contributed by atoms with Crippen LogP contribution in [0.3, 0.4) is 0 Å². The number of rotatable bonds is 5. The van der Waals surface area contributed by atoms with Gasteiger partial charge in [0.25, 0.3) is 0 Å². The van der Waals surface area contributed by atoms with Crippen molar-refractivity contribution in [2.24, 2.45) is 11.7 Å². The highest BCUT2D eigenvalue weighted by Gasteiger charge is 2.15. The summed E-state index contributed by atoms with van der Waals surface area (Å²) in [6, 6.07) is 8.47. The van der Waals surface area contributed by atoms with Gasteiger partial charge in [0.2, 0.25) is 0 Å². The van der Waals surface area contributed by atoms with E-state index in [1.54, 1.807) is 0 Å². The number of benzene rings is 1. The molecule has 0 unspecified atom stereocenters. The van der Waals surface area contributed by atoms with Crippen molar-refractivity contribution in [2.45, 2.75) is 38.6 Å². The number of anilines is 1. The molecule has 0 heterocycles.